The second-order valence-corrected chi connectivity index (χ2v) is 4.99. The van der Waals surface area contributed by atoms with Gasteiger partial charge in [0.1, 0.15) is 0 Å². The second kappa shape index (κ2) is 8.25. The molecule has 14 heavy (non-hydrogen) atoms. The van der Waals surface area contributed by atoms with Crippen LogP contribution in [0.15, 0.2) is 0 Å². The number of hydrogen-bond acceptors (Lipinski definition) is 2. The maximum absolute atomic E-state index is 8.70. The predicted octanol–water partition coefficient (Wildman–Crippen LogP) is 2.42. The summed E-state index contributed by atoms with van der Waals surface area (Å²) >= 11 is 0. The lowest BCUT2D eigenvalue weighted by molar-refractivity contribution is 0.276. The first-order valence-electron chi connectivity index (χ1n) is 5.90. The Morgan fingerprint density at radius 3 is 1.86 bits per heavy atom. The Morgan fingerprint density at radius 2 is 1.50 bits per heavy atom. The fourth-order valence-corrected chi connectivity index (χ4v) is 1.79. The van der Waals surface area contributed by atoms with Crippen LogP contribution in [0.25, 0.3) is 0 Å². The van der Waals surface area contributed by atoms with Gasteiger partial charge in [0.05, 0.1) is 0 Å². The summed E-state index contributed by atoms with van der Waals surface area (Å²) in [5.74, 6) is 1.50. The molecule has 0 aliphatic rings. The van der Waals surface area contributed by atoms with Gasteiger partial charge in [0.15, 0.2) is 0 Å². The van der Waals surface area contributed by atoms with E-state index in [1.807, 2.05) is 0 Å². The monoisotopic (exact) mass is 201 g/mol. The highest BCUT2D eigenvalue weighted by Gasteiger charge is 2.11. The lowest BCUT2D eigenvalue weighted by Crippen LogP contribution is -2.32. The molecular formula is C12H27NO. The second-order valence-electron chi connectivity index (χ2n) is 4.99. The SMILES string of the molecule is CC(C)CC(CC(C)C)NCCCO. The summed E-state index contributed by atoms with van der Waals surface area (Å²) in [6, 6.07) is 0.626. The van der Waals surface area contributed by atoms with Crippen LogP contribution in [-0.4, -0.2) is 24.3 Å². The van der Waals surface area contributed by atoms with Crippen molar-refractivity contribution in [3.8, 4) is 0 Å². The molecule has 0 heterocycles. The highest BCUT2D eigenvalue weighted by Crippen LogP contribution is 2.13. The van der Waals surface area contributed by atoms with Crippen LogP contribution in [0, 0.1) is 11.8 Å². The first-order valence-corrected chi connectivity index (χ1v) is 5.90. The molecule has 0 radical (unpaired) electrons. The summed E-state index contributed by atoms with van der Waals surface area (Å²) in [6.45, 7) is 10.3. The van der Waals surface area contributed by atoms with E-state index >= 15 is 0 Å². The Balaban J connectivity index is 3.72. The van der Waals surface area contributed by atoms with Gasteiger partial charge in [-0.2, -0.15) is 0 Å². The van der Waals surface area contributed by atoms with Crippen molar-refractivity contribution in [3.05, 3.63) is 0 Å². The van der Waals surface area contributed by atoms with Gasteiger partial charge in [0.2, 0.25) is 0 Å². The summed E-state index contributed by atoms with van der Waals surface area (Å²) in [6.07, 6.45) is 3.35. The number of nitrogens with one attached hydrogen (secondary N) is 1. The van der Waals surface area contributed by atoms with E-state index in [4.69, 9.17) is 5.11 Å². The van der Waals surface area contributed by atoms with Gasteiger partial charge in [-0.15, -0.1) is 0 Å². The summed E-state index contributed by atoms with van der Waals surface area (Å²) in [5, 5.41) is 12.2. The van der Waals surface area contributed by atoms with Crippen LogP contribution in [0.2, 0.25) is 0 Å². The summed E-state index contributed by atoms with van der Waals surface area (Å²) < 4.78 is 0. The van der Waals surface area contributed by atoms with Gasteiger partial charge in [-0.05, 0) is 37.6 Å². The highest BCUT2D eigenvalue weighted by molar-refractivity contribution is 4.70. The van der Waals surface area contributed by atoms with Crippen LogP contribution >= 0.6 is 0 Å². The molecule has 0 aromatic heterocycles. The van der Waals surface area contributed by atoms with E-state index in [1.54, 1.807) is 0 Å². The molecule has 0 aromatic carbocycles. The molecule has 2 N–H and O–H groups in total. The molecule has 0 saturated carbocycles. The van der Waals surface area contributed by atoms with E-state index in [-0.39, 0.29) is 0 Å². The van der Waals surface area contributed by atoms with Gasteiger partial charge in [0.25, 0.3) is 0 Å². The van der Waals surface area contributed by atoms with Crippen LogP contribution < -0.4 is 5.32 Å². The van der Waals surface area contributed by atoms with Gasteiger partial charge < -0.3 is 10.4 Å². The van der Waals surface area contributed by atoms with E-state index in [2.05, 4.69) is 33.0 Å². The molecule has 86 valence electrons. The minimum atomic E-state index is 0.295. The third-order valence-corrected chi connectivity index (χ3v) is 2.28. The van der Waals surface area contributed by atoms with E-state index in [9.17, 15) is 0 Å². The Morgan fingerprint density at radius 1 is 1.00 bits per heavy atom. The van der Waals surface area contributed by atoms with E-state index in [1.165, 1.54) is 12.8 Å². The van der Waals surface area contributed by atoms with Gasteiger partial charge in [-0.25, -0.2) is 0 Å². The zero-order chi connectivity index (χ0) is 11.0. The quantitative estimate of drug-likeness (QED) is 0.591. The Hall–Kier alpha value is -0.0800. The Kier molecular flexibility index (Phi) is 8.20. The van der Waals surface area contributed by atoms with Crippen molar-refractivity contribution in [2.75, 3.05) is 13.2 Å². The normalized spacial score (nSPS) is 12.0. The molecule has 0 rings (SSSR count). The smallest absolute Gasteiger partial charge is 0.0443 e. The fourth-order valence-electron chi connectivity index (χ4n) is 1.79. The number of aliphatic hydroxyl groups is 1. The average molecular weight is 201 g/mol. The molecule has 0 saturated heterocycles. The summed E-state index contributed by atoms with van der Waals surface area (Å²) in [5.41, 5.74) is 0. The first kappa shape index (κ1) is 13.9. The molecule has 0 spiro atoms. The largest absolute Gasteiger partial charge is 0.396 e. The highest BCUT2D eigenvalue weighted by atomic mass is 16.3. The maximum Gasteiger partial charge on any atom is 0.0443 e. The molecule has 0 atom stereocenters. The minimum Gasteiger partial charge on any atom is -0.396 e. The molecule has 0 aromatic rings. The third-order valence-electron chi connectivity index (χ3n) is 2.28. The maximum atomic E-state index is 8.70. The van der Waals surface area contributed by atoms with Crippen molar-refractivity contribution in [3.63, 3.8) is 0 Å². The van der Waals surface area contributed by atoms with Gasteiger partial charge >= 0.3 is 0 Å². The van der Waals surface area contributed by atoms with Crippen molar-refractivity contribution in [2.45, 2.75) is 53.0 Å². The lowest BCUT2D eigenvalue weighted by atomic mass is 9.95. The zero-order valence-electron chi connectivity index (χ0n) is 10.2. The molecule has 0 fully saturated rings. The predicted molar refractivity (Wildman–Crippen MR) is 62.4 cm³/mol. The number of aliphatic hydroxyl groups excluding tert-OH is 1. The summed E-state index contributed by atoms with van der Waals surface area (Å²) in [4.78, 5) is 0. The number of hydrogen-bond donors (Lipinski definition) is 2. The van der Waals surface area contributed by atoms with Crippen molar-refractivity contribution in [1.29, 1.82) is 0 Å². The van der Waals surface area contributed by atoms with Crippen LogP contribution in [0.5, 0.6) is 0 Å². The van der Waals surface area contributed by atoms with E-state index in [0.29, 0.717) is 12.6 Å². The van der Waals surface area contributed by atoms with Gasteiger partial charge in [0, 0.05) is 12.6 Å². The van der Waals surface area contributed by atoms with Crippen LogP contribution in [0.4, 0.5) is 0 Å². The first-order chi connectivity index (χ1) is 6.56. The minimum absolute atomic E-state index is 0.295. The van der Waals surface area contributed by atoms with Crippen molar-refractivity contribution in [1.82, 2.24) is 5.32 Å². The van der Waals surface area contributed by atoms with Crippen LogP contribution in [0.3, 0.4) is 0 Å². The van der Waals surface area contributed by atoms with Crippen molar-refractivity contribution >= 4 is 0 Å². The lowest BCUT2D eigenvalue weighted by Gasteiger charge is -2.22. The Bertz CT molecular complexity index is 113. The molecule has 2 nitrogen and oxygen atoms in total. The molecule has 0 unspecified atom stereocenters. The Labute approximate surface area is 89.1 Å². The molecule has 0 aliphatic carbocycles. The topological polar surface area (TPSA) is 32.3 Å². The zero-order valence-corrected chi connectivity index (χ0v) is 10.2. The van der Waals surface area contributed by atoms with E-state index < -0.39 is 0 Å². The van der Waals surface area contributed by atoms with Crippen LogP contribution in [-0.2, 0) is 0 Å². The molecule has 0 amide bonds. The molecule has 0 aliphatic heterocycles. The van der Waals surface area contributed by atoms with Gasteiger partial charge in [-0.3, -0.25) is 0 Å². The molecule has 2 heteroatoms. The number of rotatable bonds is 8. The van der Waals surface area contributed by atoms with Crippen molar-refractivity contribution in [2.24, 2.45) is 11.8 Å². The van der Waals surface area contributed by atoms with Crippen LogP contribution in [0.1, 0.15) is 47.0 Å². The van der Waals surface area contributed by atoms with E-state index in [0.717, 1.165) is 24.8 Å². The molecular weight excluding hydrogens is 174 g/mol. The standard InChI is InChI=1S/C12H27NO/c1-10(2)8-12(9-11(3)4)13-6-5-7-14/h10-14H,5-9H2,1-4H3. The summed E-state index contributed by atoms with van der Waals surface area (Å²) in [7, 11) is 0. The fraction of sp³-hybridized carbons (Fsp3) is 1.00. The third kappa shape index (κ3) is 8.52. The average Bonchev–Trinajstić information content (AvgIpc) is 2.02. The van der Waals surface area contributed by atoms with Crippen molar-refractivity contribution < 1.29 is 5.11 Å². The molecule has 0 bridgehead atoms. The van der Waals surface area contributed by atoms with Gasteiger partial charge in [-0.1, -0.05) is 27.7 Å².